The lowest BCUT2D eigenvalue weighted by Gasteiger charge is -2.13. The first kappa shape index (κ1) is 18.1. The average Bonchev–Trinajstić information content (AvgIpc) is 2.58. The van der Waals surface area contributed by atoms with Crippen molar-refractivity contribution in [3.05, 3.63) is 53.1 Å². The van der Waals surface area contributed by atoms with Crippen molar-refractivity contribution in [1.29, 1.82) is 0 Å². The number of benzene rings is 2. The highest BCUT2D eigenvalue weighted by Crippen LogP contribution is 2.28. The first-order chi connectivity index (χ1) is 11.9. The number of aryl methyl sites for hydroxylation is 1. The summed E-state index contributed by atoms with van der Waals surface area (Å²) in [6.07, 6.45) is 0. The number of carbonyl (C=O) groups is 2. The van der Waals surface area contributed by atoms with Gasteiger partial charge in [-0.1, -0.05) is 6.07 Å². The molecule has 7 nitrogen and oxygen atoms in total. The standard InChI is InChI=1S/C18H20N2O5/c1-11-7-13(18(22)23)4-5-14(11)20-9-12-3-6-15(16(8-12)24-2)25-10-17(19)21/h3-8,20H,9-10H2,1-2H3,(H2,19,21)(H,22,23). The summed E-state index contributed by atoms with van der Waals surface area (Å²) in [6.45, 7) is 2.14. The maximum absolute atomic E-state index is 11.0. The highest BCUT2D eigenvalue weighted by Gasteiger charge is 2.09. The van der Waals surface area contributed by atoms with Gasteiger partial charge in [0.05, 0.1) is 12.7 Å². The Labute approximate surface area is 145 Å². The Hall–Kier alpha value is -3.22. The second-order valence-electron chi connectivity index (χ2n) is 5.43. The lowest BCUT2D eigenvalue weighted by molar-refractivity contribution is -0.119. The molecule has 0 saturated carbocycles. The molecule has 2 rings (SSSR count). The lowest BCUT2D eigenvalue weighted by atomic mass is 10.1. The minimum absolute atomic E-state index is 0.219. The number of rotatable bonds is 8. The van der Waals surface area contributed by atoms with Crippen molar-refractivity contribution in [3.63, 3.8) is 0 Å². The Morgan fingerprint density at radius 3 is 2.52 bits per heavy atom. The number of carboxylic acid groups (broad SMARTS) is 1. The first-order valence-corrected chi connectivity index (χ1v) is 7.56. The summed E-state index contributed by atoms with van der Waals surface area (Å²) in [5.74, 6) is -0.579. The van der Waals surface area contributed by atoms with Crippen molar-refractivity contribution in [2.24, 2.45) is 5.73 Å². The lowest BCUT2D eigenvalue weighted by Crippen LogP contribution is -2.20. The minimum atomic E-state index is -0.953. The predicted molar refractivity (Wildman–Crippen MR) is 93.1 cm³/mol. The molecule has 0 spiro atoms. The Bertz CT molecular complexity index is 789. The second-order valence-corrected chi connectivity index (χ2v) is 5.43. The SMILES string of the molecule is COc1cc(CNc2ccc(C(=O)O)cc2C)ccc1OCC(N)=O. The summed E-state index contributed by atoms with van der Waals surface area (Å²) in [6, 6.07) is 10.3. The normalized spacial score (nSPS) is 10.2. The summed E-state index contributed by atoms with van der Waals surface area (Å²) in [4.78, 5) is 21.8. The van der Waals surface area contributed by atoms with Crippen molar-refractivity contribution in [2.75, 3.05) is 19.0 Å². The van der Waals surface area contributed by atoms with Crippen LogP contribution in [0.1, 0.15) is 21.5 Å². The van der Waals surface area contributed by atoms with Gasteiger partial charge in [0, 0.05) is 12.2 Å². The third-order valence-corrected chi connectivity index (χ3v) is 3.55. The number of carbonyl (C=O) groups excluding carboxylic acids is 1. The van der Waals surface area contributed by atoms with Gasteiger partial charge in [0.2, 0.25) is 0 Å². The number of nitrogens with one attached hydrogen (secondary N) is 1. The Balaban J connectivity index is 2.08. The molecule has 25 heavy (non-hydrogen) atoms. The van der Waals surface area contributed by atoms with Crippen LogP contribution in [0, 0.1) is 6.92 Å². The number of aromatic carboxylic acids is 1. The van der Waals surface area contributed by atoms with E-state index in [0.717, 1.165) is 16.8 Å². The fraction of sp³-hybridized carbons (Fsp3) is 0.222. The van der Waals surface area contributed by atoms with Crippen molar-refractivity contribution >= 4 is 17.6 Å². The van der Waals surface area contributed by atoms with E-state index in [4.69, 9.17) is 20.3 Å². The van der Waals surface area contributed by atoms with Gasteiger partial charge in [0.15, 0.2) is 18.1 Å². The van der Waals surface area contributed by atoms with Crippen LogP contribution in [0.3, 0.4) is 0 Å². The van der Waals surface area contributed by atoms with E-state index >= 15 is 0 Å². The molecule has 132 valence electrons. The molecule has 0 heterocycles. The zero-order valence-electron chi connectivity index (χ0n) is 14.0. The van der Waals surface area contributed by atoms with Crippen LogP contribution < -0.4 is 20.5 Å². The van der Waals surface area contributed by atoms with Gasteiger partial charge in [0.25, 0.3) is 5.91 Å². The number of ether oxygens (including phenoxy) is 2. The average molecular weight is 344 g/mol. The third kappa shape index (κ3) is 4.87. The highest BCUT2D eigenvalue weighted by molar-refractivity contribution is 5.88. The van der Waals surface area contributed by atoms with Gasteiger partial charge in [-0.3, -0.25) is 4.79 Å². The van der Waals surface area contributed by atoms with E-state index in [1.807, 2.05) is 13.0 Å². The van der Waals surface area contributed by atoms with E-state index in [1.165, 1.54) is 7.11 Å². The molecular weight excluding hydrogens is 324 g/mol. The summed E-state index contributed by atoms with van der Waals surface area (Å²) >= 11 is 0. The van der Waals surface area contributed by atoms with E-state index in [1.54, 1.807) is 30.3 Å². The van der Waals surface area contributed by atoms with Crippen LogP contribution in [0.25, 0.3) is 0 Å². The summed E-state index contributed by atoms with van der Waals surface area (Å²) in [5.41, 5.74) is 7.94. The number of primary amides is 1. The van der Waals surface area contributed by atoms with E-state index < -0.39 is 11.9 Å². The number of nitrogens with two attached hydrogens (primary N) is 1. The van der Waals surface area contributed by atoms with Crippen LogP contribution in [0.4, 0.5) is 5.69 Å². The summed E-state index contributed by atoms with van der Waals surface area (Å²) in [5, 5.41) is 12.2. The Morgan fingerprint density at radius 1 is 1.16 bits per heavy atom. The molecule has 0 fully saturated rings. The van der Waals surface area contributed by atoms with Crippen LogP contribution >= 0.6 is 0 Å². The van der Waals surface area contributed by atoms with Gasteiger partial charge >= 0.3 is 5.97 Å². The molecule has 0 aliphatic rings. The molecule has 2 aromatic rings. The summed E-state index contributed by atoms with van der Waals surface area (Å²) in [7, 11) is 1.51. The Morgan fingerprint density at radius 2 is 1.92 bits per heavy atom. The van der Waals surface area contributed by atoms with Gasteiger partial charge < -0.3 is 25.6 Å². The minimum Gasteiger partial charge on any atom is -0.493 e. The fourth-order valence-electron chi connectivity index (χ4n) is 2.28. The zero-order chi connectivity index (χ0) is 18.4. The zero-order valence-corrected chi connectivity index (χ0v) is 14.0. The largest absolute Gasteiger partial charge is 0.493 e. The van der Waals surface area contributed by atoms with E-state index in [-0.39, 0.29) is 12.2 Å². The van der Waals surface area contributed by atoms with Crippen molar-refractivity contribution in [1.82, 2.24) is 0 Å². The fourth-order valence-corrected chi connectivity index (χ4v) is 2.28. The number of hydrogen-bond donors (Lipinski definition) is 3. The topological polar surface area (TPSA) is 111 Å². The molecule has 2 aromatic carbocycles. The third-order valence-electron chi connectivity index (χ3n) is 3.55. The second kappa shape index (κ2) is 8.05. The predicted octanol–water partition coefficient (Wildman–Crippen LogP) is 2.18. The number of hydrogen-bond acceptors (Lipinski definition) is 5. The van der Waals surface area contributed by atoms with Gasteiger partial charge in [-0.25, -0.2) is 4.79 Å². The number of amides is 1. The van der Waals surface area contributed by atoms with Gasteiger partial charge in [-0.2, -0.15) is 0 Å². The summed E-state index contributed by atoms with van der Waals surface area (Å²) < 4.78 is 10.6. The molecular formula is C18H20N2O5. The van der Waals surface area contributed by atoms with Crippen LogP contribution in [0.5, 0.6) is 11.5 Å². The van der Waals surface area contributed by atoms with Crippen molar-refractivity contribution in [3.8, 4) is 11.5 Å². The van der Waals surface area contributed by atoms with Gasteiger partial charge in [-0.15, -0.1) is 0 Å². The molecule has 0 aliphatic heterocycles. The number of carboxylic acids is 1. The maximum Gasteiger partial charge on any atom is 0.335 e. The van der Waals surface area contributed by atoms with Crippen LogP contribution in [0.2, 0.25) is 0 Å². The molecule has 0 atom stereocenters. The maximum atomic E-state index is 11.0. The van der Waals surface area contributed by atoms with E-state index in [9.17, 15) is 9.59 Å². The molecule has 0 aromatic heterocycles. The van der Waals surface area contributed by atoms with Crippen LogP contribution in [-0.2, 0) is 11.3 Å². The molecule has 0 bridgehead atoms. The van der Waals surface area contributed by atoms with Gasteiger partial charge in [0.1, 0.15) is 0 Å². The van der Waals surface area contributed by atoms with Crippen molar-refractivity contribution < 1.29 is 24.2 Å². The highest BCUT2D eigenvalue weighted by atomic mass is 16.5. The van der Waals surface area contributed by atoms with Crippen LogP contribution in [-0.4, -0.2) is 30.7 Å². The molecule has 0 aliphatic carbocycles. The first-order valence-electron chi connectivity index (χ1n) is 7.56. The molecule has 4 N–H and O–H groups in total. The molecule has 0 unspecified atom stereocenters. The monoisotopic (exact) mass is 344 g/mol. The molecule has 0 radical (unpaired) electrons. The molecule has 0 saturated heterocycles. The van der Waals surface area contributed by atoms with E-state index in [2.05, 4.69) is 5.32 Å². The van der Waals surface area contributed by atoms with E-state index in [0.29, 0.717) is 18.0 Å². The number of anilines is 1. The Kier molecular flexibility index (Phi) is 5.84. The molecule has 7 heteroatoms. The smallest absolute Gasteiger partial charge is 0.335 e. The van der Waals surface area contributed by atoms with Gasteiger partial charge in [-0.05, 0) is 48.4 Å². The quantitative estimate of drug-likeness (QED) is 0.677. The molecule has 1 amide bonds. The number of methoxy groups -OCH3 is 1. The van der Waals surface area contributed by atoms with Crippen molar-refractivity contribution in [2.45, 2.75) is 13.5 Å². The van der Waals surface area contributed by atoms with Crippen LogP contribution in [0.15, 0.2) is 36.4 Å².